The van der Waals surface area contributed by atoms with Crippen LogP contribution in [-0.2, 0) is 0 Å². The maximum absolute atomic E-state index is 14.9. The summed E-state index contributed by atoms with van der Waals surface area (Å²) in [6, 6.07) is 82.3. The molecule has 0 saturated carbocycles. The molecule has 9 aromatic carbocycles. The molecule has 6 heteroatoms. The summed E-state index contributed by atoms with van der Waals surface area (Å²) in [4.78, 5) is 31.1. The van der Waals surface area contributed by atoms with Gasteiger partial charge >= 0.3 is 0 Å². The SMILES string of the molecule is Cl.O=C1c2cccc3c([P+](c4ccccc4)(c4ccccc4)c4ccccc4)ccc(c23)C(=O)N1c1ccc([P+](c2ccccc2)(c2ccccc2)c2ccccc2)cc1. The van der Waals surface area contributed by atoms with E-state index in [4.69, 9.17) is 0 Å². The van der Waals surface area contributed by atoms with Crippen LogP contribution in [0.25, 0.3) is 10.8 Å². The van der Waals surface area contributed by atoms with E-state index in [0.29, 0.717) is 22.2 Å². The molecule has 0 radical (unpaired) electrons. The van der Waals surface area contributed by atoms with E-state index in [1.807, 2.05) is 30.3 Å². The van der Waals surface area contributed by atoms with Gasteiger partial charge in [0.25, 0.3) is 11.8 Å². The summed E-state index contributed by atoms with van der Waals surface area (Å²) in [6.07, 6.45) is 0. The van der Waals surface area contributed by atoms with Crippen molar-refractivity contribution in [2.24, 2.45) is 0 Å². The van der Waals surface area contributed by atoms with Gasteiger partial charge in [-0.05, 0) is 115 Å². The van der Waals surface area contributed by atoms with Crippen LogP contribution in [0.15, 0.2) is 237 Å². The molecular formula is C54H40ClNO2P2+2. The van der Waals surface area contributed by atoms with Crippen molar-refractivity contribution in [2.45, 2.75) is 0 Å². The van der Waals surface area contributed by atoms with E-state index in [0.717, 1.165) is 16.0 Å². The number of halogens is 1. The van der Waals surface area contributed by atoms with E-state index in [9.17, 15) is 9.59 Å². The van der Waals surface area contributed by atoms with Gasteiger partial charge in [-0.15, -0.1) is 12.4 Å². The Morgan fingerprint density at radius 1 is 0.300 bits per heavy atom. The van der Waals surface area contributed by atoms with Gasteiger partial charge in [-0.25, -0.2) is 4.90 Å². The molecule has 1 heterocycles. The summed E-state index contributed by atoms with van der Waals surface area (Å²) < 4.78 is 0. The number of benzene rings is 9. The monoisotopic (exact) mass is 831 g/mol. The number of hydrogen-bond acceptors (Lipinski definition) is 2. The fourth-order valence-electron chi connectivity index (χ4n) is 9.10. The van der Waals surface area contributed by atoms with Gasteiger partial charge in [0.1, 0.15) is 57.0 Å². The minimum atomic E-state index is -2.52. The quantitative estimate of drug-likeness (QED) is 0.108. The maximum Gasteiger partial charge on any atom is 0.265 e. The van der Waals surface area contributed by atoms with Gasteiger partial charge in [0.2, 0.25) is 0 Å². The van der Waals surface area contributed by atoms with Crippen LogP contribution in [0, 0.1) is 0 Å². The molecule has 1 aliphatic rings. The zero-order valence-corrected chi connectivity index (χ0v) is 35.2. The highest BCUT2D eigenvalue weighted by molar-refractivity contribution is 8.02. The number of hydrogen-bond donors (Lipinski definition) is 0. The lowest BCUT2D eigenvalue weighted by Crippen LogP contribution is -2.42. The highest BCUT2D eigenvalue weighted by Gasteiger charge is 2.51. The summed E-state index contributed by atoms with van der Waals surface area (Å²) in [5, 5.41) is 11.2. The average Bonchev–Trinajstić information content (AvgIpc) is 3.31. The lowest BCUT2D eigenvalue weighted by molar-refractivity contribution is 0.0893. The molecule has 0 fully saturated rings. The van der Waals surface area contributed by atoms with Gasteiger partial charge in [0.05, 0.1) is 5.69 Å². The number of carbonyl (C=O) groups is 2. The zero-order chi connectivity index (χ0) is 39.8. The predicted octanol–water partition coefficient (Wildman–Crippen LogP) is 9.30. The van der Waals surface area contributed by atoms with Crippen LogP contribution in [0.4, 0.5) is 5.69 Å². The second-order valence-corrected chi connectivity index (χ2v) is 21.5. The number of imide groups is 1. The Labute approximate surface area is 358 Å². The van der Waals surface area contributed by atoms with E-state index < -0.39 is 14.5 Å². The lowest BCUT2D eigenvalue weighted by atomic mass is 9.93. The summed E-state index contributed by atoms with van der Waals surface area (Å²) >= 11 is 0. The fraction of sp³-hybridized carbons (Fsp3) is 0. The number of nitrogens with zero attached hydrogens (tertiary/aromatic N) is 1. The number of anilines is 1. The lowest BCUT2D eigenvalue weighted by Gasteiger charge is -2.31. The second kappa shape index (κ2) is 16.3. The Kier molecular flexibility index (Phi) is 10.6. The van der Waals surface area contributed by atoms with Crippen LogP contribution in [0.3, 0.4) is 0 Å². The minimum Gasteiger partial charge on any atom is -0.268 e. The molecular weight excluding hydrogens is 792 g/mol. The Morgan fingerprint density at radius 2 is 0.633 bits per heavy atom. The molecule has 0 aromatic heterocycles. The molecule has 1 aliphatic heterocycles. The molecule has 10 rings (SSSR count). The van der Waals surface area contributed by atoms with Crippen molar-refractivity contribution in [2.75, 3.05) is 4.90 Å². The van der Waals surface area contributed by atoms with Crippen LogP contribution >= 0.6 is 26.9 Å². The molecule has 288 valence electrons. The topological polar surface area (TPSA) is 37.4 Å². The predicted molar refractivity (Wildman–Crippen MR) is 258 cm³/mol. The van der Waals surface area contributed by atoms with Crippen LogP contribution in [0.5, 0.6) is 0 Å². The standard InChI is InChI=1S/C54H39NO2P2.ClH/c56-53-49-33-19-32-48-51(59(44-26-13-4-14-27-44,45-28-15-5-16-29-45)46-30-17-6-18-31-46)39-38-50(52(48)49)54(57)55(53)40-34-36-47(37-35-40)58(41-20-7-1-8-21-41,42-22-9-2-10-23-42)43-24-11-3-12-25-43;/h1-39H;1H/q+2;. The van der Waals surface area contributed by atoms with Crippen LogP contribution in [-0.4, -0.2) is 11.8 Å². The smallest absolute Gasteiger partial charge is 0.265 e. The highest BCUT2D eigenvalue weighted by Crippen LogP contribution is 2.57. The molecule has 0 aliphatic carbocycles. The normalized spacial score (nSPS) is 12.6. The molecule has 0 bridgehead atoms. The summed E-state index contributed by atoms with van der Waals surface area (Å²) in [6.45, 7) is 0. The van der Waals surface area contributed by atoms with Crippen molar-refractivity contribution in [3.05, 3.63) is 248 Å². The summed E-state index contributed by atoms with van der Waals surface area (Å²) in [7, 11) is -4.89. The van der Waals surface area contributed by atoms with Gasteiger partial charge in [0, 0.05) is 21.9 Å². The molecule has 0 atom stereocenters. The van der Waals surface area contributed by atoms with Gasteiger partial charge in [-0.1, -0.05) is 121 Å². The molecule has 0 spiro atoms. The molecule has 3 nitrogen and oxygen atoms in total. The van der Waals surface area contributed by atoms with Gasteiger partial charge < -0.3 is 0 Å². The van der Waals surface area contributed by atoms with Gasteiger partial charge in [-0.3, -0.25) is 9.59 Å². The summed E-state index contributed by atoms with van der Waals surface area (Å²) in [5.74, 6) is -0.646. The number of rotatable bonds is 9. The molecule has 0 saturated heterocycles. The first-order valence-corrected chi connectivity index (χ1v) is 23.4. The van der Waals surface area contributed by atoms with E-state index in [1.165, 1.54) is 36.7 Å². The van der Waals surface area contributed by atoms with Crippen molar-refractivity contribution in [3.8, 4) is 0 Å². The summed E-state index contributed by atoms with van der Waals surface area (Å²) in [5.41, 5.74) is 1.59. The third-order valence-corrected chi connectivity index (χ3v) is 20.2. The highest BCUT2D eigenvalue weighted by atomic mass is 35.5. The van der Waals surface area contributed by atoms with E-state index in [1.54, 1.807) is 0 Å². The third-order valence-electron chi connectivity index (χ3n) is 11.6. The van der Waals surface area contributed by atoms with Crippen LogP contribution in [0.1, 0.15) is 20.7 Å². The first-order chi connectivity index (χ1) is 29.1. The molecule has 9 aromatic rings. The average molecular weight is 832 g/mol. The van der Waals surface area contributed by atoms with Gasteiger partial charge in [0.15, 0.2) is 0 Å². The third kappa shape index (κ3) is 6.13. The van der Waals surface area contributed by atoms with E-state index in [2.05, 4.69) is 206 Å². The van der Waals surface area contributed by atoms with Crippen LogP contribution in [0.2, 0.25) is 0 Å². The van der Waals surface area contributed by atoms with Crippen LogP contribution < -0.4 is 47.3 Å². The van der Waals surface area contributed by atoms with Crippen molar-refractivity contribution in [1.29, 1.82) is 0 Å². The van der Waals surface area contributed by atoms with Crippen molar-refractivity contribution in [1.82, 2.24) is 0 Å². The van der Waals surface area contributed by atoms with Crippen molar-refractivity contribution in [3.63, 3.8) is 0 Å². The largest absolute Gasteiger partial charge is 0.268 e. The molecule has 60 heavy (non-hydrogen) atoms. The Bertz CT molecular complexity index is 2740. The fourth-order valence-corrected chi connectivity index (χ4v) is 17.8. The molecule has 2 amide bonds. The molecule has 0 N–H and O–H groups in total. The first-order valence-electron chi connectivity index (χ1n) is 19.8. The Balaban J connectivity index is 0.00000462. The number of carbonyl (C=O) groups excluding carboxylic acids is 2. The first kappa shape index (κ1) is 39.0. The maximum atomic E-state index is 14.9. The molecule has 0 unspecified atom stereocenters. The Morgan fingerprint density at radius 3 is 1.02 bits per heavy atom. The van der Waals surface area contributed by atoms with Crippen molar-refractivity contribution >= 4 is 97.6 Å². The minimum absolute atomic E-state index is 0. The number of amides is 2. The van der Waals surface area contributed by atoms with Gasteiger partial charge in [-0.2, -0.15) is 0 Å². The second-order valence-electron chi connectivity index (χ2n) is 14.7. The van der Waals surface area contributed by atoms with E-state index in [-0.39, 0.29) is 24.2 Å². The van der Waals surface area contributed by atoms with Crippen molar-refractivity contribution < 1.29 is 9.59 Å². The Hall–Kier alpha value is -6.47. The zero-order valence-electron chi connectivity index (χ0n) is 32.6. The van der Waals surface area contributed by atoms with E-state index >= 15 is 0 Å².